The van der Waals surface area contributed by atoms with E-state index in [1.807, 2.05) is 24.3 Å². The van der Waals surface area contributed by atoms with Crippen LogP contribution in [-0.2, 0) is 9.53 Å². The van der Waals surface area contributed by atoms with E-state index < -0.39 is 18.0 Å². The number of hydrogen-bond donors (Lipinski definition) is 2. The van der Waals surface area contributed by atoms with E-state index in [0.29, 0.717) is 40.5 Å². The monoisotopic (exact) mass is 466 g/mol. The first-order valence-electron chi connectivity index (χ1n) is 11.8. The van der Waals surface area contributed by atoms with Gasteiger partial charge in [0.15, 0.2) is 0 Å². The van der Waals surface area contributed by atoms with Gasteiger partial charge >= 0.3 is 12.0 Å². The Balaban J connectivity index is 2.04. The van der Waals surface area contributed by atoms with E-state index in [1.54, 1.807) is 45.2 Å². The maximum Gasteiger partial charge on any atom is 0.338 e. The van der Waals surface area contributed by atoms with Gasteiger partial charge in [-0.15, -0.1) is 0 Å². The summed E-state index contributed by atoms with van der Waals surface area (Å²) in [5.41, 5.74) is 2.10. The minimum absolute atomic E-state index is 0.319. The number of amides is 2. The number of esters is 1. The number of unbranched alkanes of at least 4 members (excludes halogenated alkanes) is 3. The molecule has 1 unspecified atom stereocenters. The van der Waals surface area contributed by atoms with E-state index in [9.17, 15) is 9.59 Å². The van der Waals surface area contributed by atoms with Crippen LogP contribution in [0.25, 0.3) is 5.70 Å². The molecule has 1 atom stereocenters. The van der Waals surface area contributed by atoms with Gasteiger partial charge in [0.1, 0.15) is 11.5 Å². The summed E-state index contributed by atoms with van der Waals surface area (Å²) in [6.45, 7) is 6.32. The summed E-state index contributed by atoms with van der Waals surface area (Å²) in [5.74, 6) is 0.806. The van der Waals surface area contributed by atoms with Gasteiger partial charge in [-0.05, 0) is 56.2 Å². The molecule has 0 aliphatic carbocycles. The molecule has 2 aromatic carbocycles. The van der Waals surface area contributed by atoms with E-state index in [1.165, 1.54) is 0 Å². The summed E-state index contributed by atoms with van der Waals surface area (Å²) in [7, 11) is 1.58. The Bertz CT molecular complexity index is 1010. The third-order valence-electron chi connectivity index (χ3n) is 5.50. The number of benzene rings is 2. The van der Waals surface area contributed by atoms with Crippen LogP contribution in [0.15, 0.2) is 54.1 Å². The molecular formula is C27H34N2O5. The van der Waals surface area contributed by atoms with Crippen LogP contribution in [0.2, 0.25) is 0 Å². The second kappa shape index (κ2) is 12.1. The Morgan fingerprint density at radius 3 is 2.44 bits per heavy atom. The van der Waals surface area contributed by atoms with Crippen LogP contribution in [0.4, 0.5) is 4.79 Å². The molecule has 0 saturated carbocycles. The number of nitrogens with one attached hydrogen (secondary N) is 2. The summed E-state index contributed by atoms with van der Waals surface area (Å²) < 4.78 is 16.9. The minimum atomic E-state index is -0.732. The summed E-state index contributed by atoms with van der Waals surface area (Å²) in [4.78, 5) is 26.0. The van der Waals surface area contributed by atoms with E-state index in [-0.39, 0.29) is 6.10 Å². The molecule has 2 N–H and O–H groups in total. The summed E-state index contributed by atoms with van der Waals surface area (Å²) in [6, 6.07) is 13.5. The van der Waals surface area contributed by atoms with Crippen LogP contribution in [0.5, 0.6) is 11.5 Å². The zero-order chi connectivity index (χ0) is 24.5. The fourth-order valence-electron chi connectivity index (χ4n) is 3.84. The van der Waals surface area contributed by atoms with Gasteiger partial charge in [-0.2, -0.15) is 0 Å². The predicted octanol–water partition coefficient (Wildman–Crippen LogP) is 5.37. The van der Waals surface area contributed by atoms with Gasteiger partial charge in [0.05, 0.1) is 37.1 Å². The lowest BCUT2D eigenvalue weighted by atomic mass is 9.92. The normalized spacial score (nSPS) is 15.6. The standard InChI is InChI=1S/C27H34N2O5/c1-5-6-7-10-17-33-22-12-9-8-11-21(22)25-23(26(30)34-18(2)3)24(28-27(31)29-25)19-13-15-20(32-4)16-14-19/h8-9,11-16,18,25H,5-7,10,17H2,1-4H3,(H2,28,29,31). The topological polar surface area (TPSA) is 85.9 Å². The minimum Gasteiger partial charge on any atom is -0.497 e. The molecule has 3 rings (SSSR count). The maximum absolute atomic E-state index is 13.3. The number of carbonyl (C=O) groups excluding carboxylic acids is 2. The first-order valence-corrected chi connectivity index (χ1v) is 11.8. The highest BCUT2D eigenvalue weighted by Gasteiger charge is 2.36. The quantitative estimate of drug-likeness (QED) is 0.343. The Kier molecular flexibility index (Phi) is 8.96. The molecule has 1 aliphatic rings. The van der Waals surface area contributed by atoms with Crippen LogP contribution < -0.4 is 20.1 Å². The summed E-state index contributed by atoms with van der Waals surface area (Å²) in [6.07, 6.45) is 4.03. The first kappa shape index (κ1) is 25.1. The number of ether oxygens (including phenoxy) is 3. The second-order valence-corrected chi connectivity index (χ2v) is 8.45. The lowest BCUT2D eigenvalue weighted by Crippen LogP contribution is -2.45. The molecule has 1 aliphatic heterocycles. The average molecular weight is 467 g/mol. The lowest BCUT2D eigenvalue weighted by molar-refractivity contribution is -0.143. The van der Waals surface area contributed by atoms with E-state index in [2.05, 4.69) is 17.6 Å². The van der Waals surface area contributed by atoms with Gasteiger partial charge in [-0.25, -0.2) is 9.59 Å². The highest BCUT2D eigenvalue weighted by Crippen LogP contribution is 2.36. The summed E-state index contributed by atoms with van der Waals surface area (Å²) >= 11 is 0. The van der Waals surface area contributed by atoms with Gasteiger partial charge in [0.25, 0.3) is 0 Å². The Morgan fingerprint density at radius 2 is 1.76 bits per heavy atom. The van der Waals surface area contributed by atoms with Crippen molar-refractivity contribution in [2.24, 2.45) is 0 Å². The summed E-state index contributed by atoms with van der Waals surface area (Å²) in [5, 5.41) is 5.70. The zero-order valence-electron chi connectivity index (χ0n) is 20.4. The number of carbonyl (C=O) groups is 2. The molecule has 7 nitrogen and oxygen atoms in total. The van der Waals surface area contributed by atoms with Crippen LogP contribution in [0.1, 0.15) is 63.6 Å². The largest absolute Gasteiger partial charge is 0.497 e. The van der Waals surface area contributed by atoms with Crippen molar-refractivity contribution in [3.63, 3.8) is 0 Å². The molecule has 2 aromatic rings. The van der Waals surface area contributed by atoms with E-state index >= 15 is 0 Å². The van der Waals surface area contributed by atoms with Crippen molar-refractivity contribution in [3.05, 3.63) is 65.2 Å². The zero-order valence-corrected chi connectivity index (χ0v) is 20.4. The van der Waals surface area contributed by atoms with E-state index in [4.69, 9.17) is 14.2 Å². The van der Waals surface area contributed by atoms with Crippen molar-refractivity contribution in [1.82, 2.24) is 10.6 Å². The molecule has 1 heterocycles. The molecule has 0 saturated heterocycles. The molecule has 0 fully saturated rings. The van der Waals surface area contributed by atoms with Crippen LogP contribution in [0, 0.1) is 0 Å². The molecule has 182 valence electrons. The Hall–Kier alpha value is -3.48. The lowest BCUT2D eigenvalue weighted by Gasteiger charge is -2.31. The van der Waals surface area contributed by atoms with Gasteiger partial charge in [0, 0.05) is 5.56 Å². The smallest absolute Gasteiger partial charge is 0.338 e. The van der Waals surface area contributed by atoms with Gasteiger partial charge in [0.2, 0.25) is 0 Å². The van der Waals surface area contributed by atoms with Crippen LogP contribution in [-0.4, -0.2) is 31.8 Å². The fraction of sp³-hybridized carbons (Fsp3) is 0.407. The van der Waals surface area contributed by atoms with Gasteiger partial charge < -0.3 is 24.8 Å². The number of hydrogen-bond acceptors (Lipinski definition) is 5. The van der Waals surface area contributed by atoms with Gasteiger partial charge in [-0.3, -0.25) is 0 Å². The van der Waals surface area contributed by atoms with Crippen LogP contribution in [0.3, 0.4) is 0 Å². The third-order valence-corrected chi connectivity index (χ3v) is 5.50. The van der Waals surface area contributed by atoms with Crippen molar-refractivity contribution in [1.29, 1.82) is 0 Å². The second-order valence-electron chi connectivity index (χ2n) is 8.45. The SMILES string of the molecule is CCCCCCOc1ccccc1C1NC(=O)NC(c2ccc(OC)cc2)=C1C(=O)OC(C)C. The molecule has 34 heavy (non-hydrogen) atoms. The number of urea groups is 1. The van der Waals surface area contributed by atoms with Crippen molar-refractivity contribution < 1.29 is 23.8 Å². The third kappa shape index (κ3) is 6.31. The van der Waals surface area contributed by atoms with Crippen molar-refractivity contribution in [3.8, 4) is 11.5 Å². The molecule has 0 aromatic heterocycles. The Labute approximate surface area is 201 Å². The number of para-hydroxylation sites is 1. The highest BCUT2D eigenvalue weighted by atomic mass is 16.5. The molecule has 0 spiro atoms. The molecular weight excluding hydrogens is 432 g/mol. The fourth-order valence-corrected chi connectivity index (χ4v) is 3.84. The van der Waals surface area contributed by atoms with E-state index in [0.717, 1.165) is 25.7 Å². The molecule has 0 radical (unpaired) electrons. The first-order chi connectivity index (χ1) is 16.4. The number of rotatable bonds is 11. The van der Waals surface area contributed by atoms with Crippen molar-refractivity contribution in [2.75, 3.05) is 13.7 Å². The average Bonchev–Trinajstić information content (AvgIpc) is 2.83. The van der Waals surface area contributed by atoms with Gasteiger partial charge in [-0.1, -0.05) is 44.4 Å². The van der Waals surface area contributed by atoms with Crippen molar-refractivity contribution in [2.45, 2.75) is 58.6 Å². The van der Waals surface area contributed by atoms with Crippen LogP contribution >= 0.6 is 0 Å². The Morgan fingerprint density at radius 1 is 1.03 bits per heavy atom. The number of methoxy groups -OCH3 is 1. The molecule has 0 bridgehead atoms. The predicted molar refractivity (Wildman–Crippen MR) is 132 cm³/mol. The van der Waals surface area contributed by atoms with Crippen molar-refractivity contribution >= 4 is 17.7 Å². The molecule has 2 amide bonds. The molecule has 7 heteroatoms. The maximum atomic E-state index is 13.3. The highest BCUT2D eigenvalue weighted by molar-refractivity contribution is 6.04.